The minimum absolute atomic E-state index is 0.0257. The molecule has 5 nitrogen and oxygen atoms in total. The lowest BCUT2D eigenvalue weighted by Gasteiger charge is -2.00. The molecule has 1 aromatic carbocycles. The Labute approximate surface area is 115 Å². The van der Waals surface area contributed by atoms with Crippen LogP contribution in [0.1, 0.15) is 11.3 Å². The molecule has 0 bridgehead atoms. The molecule has 3 rings (SSSR count). The van der Waals surface area contributed by atoms with Gasteiger partial charge in [-0.25, -0.2) is 0 Å². The van der Waals surface area contributed by atoms with Crippen LogP contribution in [0.3, 0.4) is 0 Å². The first-order valence-corrected chi connectivity index (χ1v) is 6.38. The van der Waals surface area contributed by atoms with Gasteiger partial charge in [-0.3, -0.25) is 9.48 Å². The first-order valence-electron chi connectivity index (χ1n) is 6.38. The van der Waals surface area contributed by atoms with E-state index in [9.17, 15) is 4.79 Å². The topological polar surface area (TPSA) is 70.9 Å². The summed E-state index contributed by atoms with van der Waals surface area (Å²) in [5.41, 5.74) is 4.48. The van der Waals surface area contributed by atoms with E-state index in [1.54, 1.807) is 17.9 Å². The molecule has 0 spiro atoms. The summed E-state index contributed by atoms with van der Waals surface area (Å²) < 4.78 is 1.66. The molecular weight excluding hydrogens is 254 g/mol. The Morgan fingerprint density at radius 1 is 1.40 bits per heavy atom. The molecule has 5 heteroatoms. The van der Waals surface area contributed by atoms with E-state index in [0.717, 1.165) is 33.4 Å². The van der Waals surface area contributed by atoms with Gasteiger partial charge in [-0.1, -0.05) is 18.2 Å². The number of H-pyrrole nitrogens is 1. The average molecular weight is 269 g/mol. The lowest BCUT2D eigenvalue weighted by Crippen LogP contribution is -2.00. The number of aromatic nitrogens is 3. The Balaban J connectivity index is 2.25. The van der Waals surface area contributed by atoms with Gasteiger partial charge in [-0.15, -0.1) is 0 Å². The van der Waals surface area contributed by atoms with Crippen molar-refractivity contribution in [3.8, 4) is 11.3 Å². The predicted molar refractivity (Wildman–Crippen MR) is 76.6 cm³/mol. The first kappa shape index (κ1) is 12.5. The van der Waals surface area contributed by atoms with Gasteiger partial charge in [0.25, 0.3) is 0 Å². The van der Waals surface area contributed by atoms with Gasteiger partial charge in [-0.05, 0) is 13.0 Å². The number of fused-ring (bicyclic) bond motifs is 1. The van der Waals surface area contributed by atoms with Crippen molar-refractivity contribution in [3.05, 3.63) is 41.7 Å². The summed E-state index contributed by atoms with van der Waals surface area (Å²) in [4.78, 5) is 14.3. The number of benzene rings is 1. The van der Waals surface area contributed by atoms with E-state index in [0.29, 0.717) is 0 Å². The highest BCUT2D eigenvalue weighted by Crippen LogP contribution is 2.33. The number of carboxylic acids is 1. The number of hydrogen-bond donors (Lipinski definition) is 2. The van der Waals surface area contributed by atoms with E-state index in [4.69, 9.17) is 5.11 Å². The molecule has 2 aromatic heterocycles. The van der Waals surface area contributed by atoms with E-state index in [1.807, 2.05) is 31.2 Å². The number of nitrogens with zero attached hydrogens (tertiary/aromatic N) is 2. The third kappa shape index (κ3) is 1.97. The second-order valence-electron chi connectivity index (χ2n) is 4.92. The van der Waals surface area contributed by atoms with Crippen molar-refractivity contribution >= 4 is 16.9 Å². The molecule has 0 aliphatic carbocycles. The van der Waals surface area contributed by atoms with Crippen molar-refractivity contribution in [2.75, 3.05) is 0 Å². The number of carbonyl (C=O) groups is 1. The molecule has 0 radical (unpaired) electrons. The largest absolute Gasteiger partial charge is 0.481 e. The maximum atomic E-state index is 11.0. The summed E-state index contributed by atoms with van der Waals surface area (Å²) in [6, 6.07) is 7.97. The number of aryl methyl sites for hydroxylation is 2. The molecule has 20 heavy (non-hydrogen) atoms. The number of aliphatic carboxylic acids is 1. The highest BCUT2D eigenvalue weighted by atomic mass is 16.4. The molecule has 2 heterocycles. The van der Waals surface area contributed by atoms with Crippen LogP contribution in [0.15, 0.2) is 30.5 Å². The molecule has 102 valence electrons. The molecule has 0 saturated heterocycles. The van der Waals surface area contributed by atoms with Gasteiger partial charge in [0.1, 0.15) is 0 Å². The Kier molecular flexibility index (Phi) is 2.82. The standard InChI is InChI=1S/C15H15N3O2/c1-9-14(11-5-3-4-6-12(11)16-9)15-10(7-13(19)20)8-18(2)17-15/h3-6,8,16H,7H2,1-2H3,(H,19,20). The van der Waals surface area contributed by atoms with Gasteiger partial charge in [0.05, 0.1) is 12.1 Å². The third-order valence-corrected chi connectivity index (χ3v) is 3.38. The van der Waals surface area contributed by atoms with Crippen molar-refractivity contribution < 1.29 is 9.90 Å². The minimum atomic E-state index is -0.850. The second-order valence-corrected chi connectivity index (χ2v) is 4.92. The van der Waals surface area contributed by atoms with Gasteiger partial charge in [-0.2, -0.15) is 5.10 Å². The van der Waals surface area contributed by atoms with Crippen LogP contribution in [0.4, 0.5) is 0 Å². The fourth-order valence-corrected chi connectivity index (χ4v) is 2.62. The Hall–Kier alpha value is -2.56. The molecule has 0 fully saturated rings. The van der Waals surface area contributed by atoms with Crippen LogP contribution < -0.4 is 0 Å². The van der Waals surface area contributed by atoms with Crippen LogP contribution >= 0.6 is 0 Å². The number of para-hydroxylation sites is 1. The van der Waals surface area contributed by atoms with Crippen molar-refractivity contribution in [2.24, 2.45) is 7.05 Å². The monoisotopic (exact) mass is 269 g/mol. The van der Waals surface area contributed by atoms with Crippen molar-refractivity contribution in [2.45, 2.75) is 13.3 Å². The van der Waals surface area contributed by atoms with Crippen LogP contribution in [-0.2, 0) is 18.3 Å². The molecule has 0 atom stereocenters. The number of carboxylic acid groups (broad SMARTS) is 1. The SMILES string of the molecule is Cc1[nH]c2ccccc2c1-c1nn(C)cc1CC(=O)O. The zero-order valence-electron chi connectivity index (χ0n) is 11.3. The second kappa shape index (κ2) is 4.52. The molecule has 0 saturated carbocycles. The van der Waals surface area contributed by atoms with E-state index in [2.05, 4.69) is 10.1 Å². The quantitative estimate of drug-likeness (QED) is 0.767. The summed E-state index contributed by atoms with van der Waals surface area (Å²) in [5.74, 6) is -0.850. The van der Waals surface area contributed by atoms with Gasteiger partial charge < -0.3 is 10.1 Å². The zero-order chi connectivity index (χ0) is 14.3. The molecule has 0 unspecified atom stereocenters. The highest BCUT2D eigenvalue weighted by Gasteiger charge is 2.18. The zero-order valence-corrected chi connectivity index (χ0v) is 11.3. The molecule has 0 amide bonds. The van der Waals surface area contributed by atoms with Gasteiger partial charge in [0, 0.05) is 41.0 Å². The van der Waals surface area contributed by atoms with E-state index >= 15 is 0 Å². The lowest BCUT2D eigenvalue weighted by molar-refractivity contribution is -0.136. The van der Waals surface area contributed by atoms with Crippen molar-refractivity contribution in [3.63, 3.8) is 0 Å². The molecular formula is C15H15N3O2. The lowest BCUT2D eigenvalue weighted by atomic mass is 10.0. The molecule has 0 aliphatic rings. The van der Waals surface area contributed by atoms with Gasteiger partial charge >= 0.3 is 5.97 Å². The summed E-state index contributed by atoms with van der Waals surface area (Å²) in [6.45, 7) is 1.98. The van der Waals surface area contributed by atoms with Gasteiger partial charge in [0.15, 0.2) is 0 Å². The Bertz CT molecular complexity index is 799. The Morgan fingerprint density at radius 2 is 2.15 bits per heavy atom. The van der Waals surface area contributed by atoms with Crippen LogP contribution in [-0.4, -0.2) is 25.8 Å². The van der Waals surface area contributed by atoms with E-state index in [-0.39, 0.29) is 6.42 Å². The van der Waals surface area contributed by atoms with Crippen LogP contribution in [0.25, 0.3) is 22.2 Å². The highest BCUT2D eigenvalue weighted by molar-refractivity contribution is 5.97. The summed E-state index contributed by atoms with van der Waals surface area (Å²) >= 11 is 0. The maximum absolute atomic E-state index is 11.0. The molecule has 2 N–H and O–H groups in total. The number of nitrogens with one attached hydrogen (secondary N) is 1. The first-order chi connectivity index (χ1) is 9.56. The fourth-order valence-electron chi connectivity index (χ4n) is 2.62. The summed E-state index contributed by atoms with van der Waals surface area (Å²) in [6.07, 6.45) is 1.74. The van der Waals surface area contributed by atoms with Crippen molar-refractivity contribution in [1.29, 1.82) is 0 Å². The molecule has 3 aromatic rings. The maximum Gasteiger partial charge on any atom is 0.307 e. The van der Waals surface area contributed by atoms with Crippen LogP contribution in [0.5, 0.6) is 0 Å². The average Bonchev–Trinajstić information content (AvgIpc) is 2.87. The predicted octanol–water partition coefficient (Wildman–Crippen LogP) is 2.50. The van der Waals surface area contributed by atoms with E-state index < -0.39 is 5.97 Å². The van der Waals surface area contributed by atoms with Gasteiger partial charge in [0.2, 0.25) is 0 Å². The third-order valence-electron chi connectivity index (χ3n) is 3.38. The van der Waals surface area contributed by atoms with E-state index in [1.165, 1.54) is 0 Å². The number of rotatable bonds is 3. The summed E-state index contributed by atoms with van der Waals surface area (Å²) in [7, 11) is 1.80. The normalized spacial score (nSPS) is 11.1. The van der Waals surface area contributed by atoms with Crippen molar-refractivity contribution in [1.82, 2.24) is 14.8 Å². The van der Waals surface area contributed by atoms with Crippen LogP contribution in [0, 0.1) is 6.92 Å². The smallest absolute Gasteiger partial charge is 0.307 e. The number of aromatic amines is 1. The minimum Gasteiger partial charge on any atom is -0.481 e. The van der Waals surface area contributed by atoms with Crippen LogP contribution in [0.2, 0.25) is 0 Å². The Morgan fingerprint density at radius 3 is 2.90 bits per heavy atom. The number of hydrogen-bond acceptors (Lipinski definition) is 2. The molecule has 0 aliphatic heterocycles. The fraction of sp³-hybridized carbons (Fsp3) is 0.200. The summed E-state index contributed by atoms with van der Waals surface area (Å²) in [5, 5.41) is 14.6.